The van der Waals surface area contributed by atoms with Crippen LogP contribution in [0, 0.1) is 0 Å². The first-order chi connectivity index (χ1) is 10.5. The molecule has 22 heavy (non-hydrogen) atoms. The van der Waals surface area contributed by atoms with Crippen molar-refractivity contribution in [2.75, 3.05) is 6.54 Å². The van der Waals surface area contributed by atoms with E-state index in [1.165, 1.54) is 23.0 Å². The van der Waals surface area contributed by atoms with Gasteiger partial charge in [-0.2, -0.15) is 0 Å². The summed E-state index contributed by atoms with van der Waals surface area (Å²) in [5, 5.41) is 3.46. The maximum absolute atomic E-state index is 12.0. The summed E-state index contributed by atoms with van der Waals surface area (Å²) in [5.74, 6) is -0.335. The average molecular weight is 340 g/mol. The molecule has 0 atom stereocenters. The monoisotopic (exact) mass is 339 g/mol. The zero-order valence-electron chi connectivity index (χ0n) is 12.0. The third kappa shape index (κ3) is 4.08. The van der Waals surface area contributed by atoms with E-state index < -0.39 is 0 Å². The topological polar surface area (TPSA) is 64.0 Å². The number of nitrogens with one attached hydrogen (secondary N) is 1. The molecule has 0 aliphatic carbocycles. The fraction of sp³-hybridized carbons (Fsp3) is 0.267. The van der Waals surface area contributed by atoms with E-state index >= 15 is 0 Å². The molecule has 0 unspecified atom stereocenters. The number of aromatic nitrogens is 2. The maximum Gasteiger partial charge on any atom is 0.253 e. The molecule has 0 bridgehead atoms. The molecule has 0 spiro atoms. The molecule has 0 fully saturated rings. The quantitative estimate of drug-likeness (QED) is 0.910. The lowest BCUT2D eigenvalue weighted by Gasteiger charge is -2.09. The highest BCUT2D eigenvalue weighted by Gasteiger charge is 2.10. The second kappa shape index (κ2) is 7.42. The van der Waals surface area contributed by atoms with Gasteiger partial charge in [-0.15, -0.1) is 0 Å². The number of hydrogen-bond donors (Lipinski definition) is 1. The fourth-order valence-corrected chi connectivity index (χ4v) is 2.26. The van der Waals surface area contributed by atoms with Crippen molar-refractivity contribution in [2.24, 2.45) is 0 Å². The van der Waals surface area contributed by atoms with Crippen LogP contribution in [-0.2, 0) is 13.0 Å². The lowest BCUT2D eigenvalue weighted by atomic mass is 10.2. The molecule has 0 saturated carbocycles. The Labute approximate surface area is 137 Å². The highest BCUT2D eigenvalue weighted by Crippen LogP contribution is 2.20. The van der Waals surface area contributed by atoms with Crippen LogP contribution in [0.3, 0.4) is 0 Å². The third-order valence-electron chi connectivity index (χ3n) is 3.11. The van der Waals surface area contributed by atoms with E-state index in [0.717, 1.165) is 5.69 Å². The van der Waals surface area contributed by atoms with Gasteiger partial charge in [0.1, 0.15) is 0 Å². The molecular weight excluding hydrogens is 325 g/mol. The molecule has 2 rings (SSSR count). The van der Waals surface area contributed by atoms with Crippen molar-refractivity contribution >= 4 is 29.1 Å². The van der Waals surface area contributed by atoms with Gasteiger partial charge in [-0.25, -0.2) is 4.98 Å². The number of aryl methyl sites for hydroxylation is 1. The SMILES string of the molecule is CCc1cc(=O)n(CCNC(=O)c2cc(Cl)ccc2Cl)cn1. The molecule has 0 radical (unpaired) electrons. The van der Waals surface area contributed by atoms with E-state index in [1.807, 2.05) is 6.92 Å². The Morgan fingerprint density at radius 1 is 1.32 bits per heavy atom. The van der Waals surface area contributed by atoms with Gasteiger partial charge in [0.15, 0.2) is 0 Å². The van der Waals surface area contributed by atoms with Crippen molar-refractivity contribution in [3.05, 3.63) is 62.2 Å². The average Bonchev–Trinajstić information content (AvgIpc) is 2.51. The van der Waals surface area contributed by atoms with Crippen LogP contribution in [0.4, 0.5) is 0 Å². The van der Waals surface area contributed by atoms with Gasteiger partial charge in [-0.3, -0.25) is 14.2 Å². The molecule has 1 aromatic heterocycles. The lowest BCUT2D eigenvalue weighted by Crippen LogP contribution is -2.31. The van der Waals surface area contributed by atoms with E-state index in [-0.39, 0.29) is 18.0 Å². The van der Waals surface area contributed by atoms with Crippen LogP contribution >= 0.6 is 23.2 Å². The van der Waals surface area contributed by atoms with E-state index in [9.17, 15) is 9.59 Å². The highest BCUT2D eigenvalue weighted by molar-refractivity contribution is 6.35. The van der Waals surface area contributed by atoms with E-state index in [0.29, 0.717) is 28.6 Å². The number of amides is 1. The van der Waals surface area contributed by atoms with Crippen LogP contribution in [0.25, 0.3) is 0 Å². The molecule has 116 valence electrons. The zero-order chi connectivity index (χ0) is 16.1. The molecule has 7 heteroatoms. The number of carbonyl (C=O) groups is 1. The minimum absolute atomic E-state index is 0.137. The van der Waals surface area contributed by atoms with Gasteiger partial charge in [0.2, 0.25) is 0 Å². The molecular formula is C15H15Cl2N3O2. The van der Waals surface area contributed by atoms with Crippen molar-refractivity contribution in [3.63, 3.8) is 0 Å². The van der Waals surface area contributed by atoms with Crippen LogP contribution in [0.2, 0.25) is 10.0 Å². The van der Waals surface area contributed by atoms with Crippen LogP contribution in [0.5, 0.6) is 0 Å². The first kappa shape index (κ1) is 16.5. The number of nitrogens with zero attached hydrogens (tertiary/aromatic N) is 2. The van der Waals surface area contributed by atoms with Gasteiger partial charge in [0, 0.05) is 29.9 Å². The highest BCUT2D eigenvalue weighted by atomic mass is 35.5. The predicted octanol–water partition coefficient (Wildman–Crippen LogP) is 2.54. The van der Waals surface area contributed by atoms with Crippen LogP contribution < -0.4 is 10.9 Å². The summed E-state index contributed by atoms with van der Waals surface area (Å²) in [6.45, 7) is 2.55. The molecule has 5 nitrogen and oxygen atoms in total. The fourth-order valence-electron chi connectivity index (χ4n) is 1.88. The Balaban J connectivity index is 1.97. The zero-order valence-corrected chi connectivity index (χ0v) is 13.5. The van der Waals surface area contributed by atoms with Crippen LogP contribution in [0.1, 0.15) is 23.0 Å². The number of benzene rings is 1. The van der Waals surface area contributed by atoms with Crippen LogP contribution in [0.15, 0.2) is 35.4 Å². The summed E-state index contributed by atoms with van der Waals surface area (Å²) >= 11 is 11.8. The Kier molecular flexibility index (Phi) is 5.57. The van der Waals surface area contributed by atoms with Crippen molar-refractivity contribution < 1.29 is 4.79 Å². The van der Waals surface area contributed by atoms with Gasteiger partial charge in [0.05, 0.1) is 16.9 Å². The minimum atomic E-state index is -0.335. The summed E-state index contributed by atoms with van der Waals surface area (Å²) in [4.78, 5) is 28.0. The Bertz CT molecular complexity index is 744. The summed E-state index contributed by atoms with van der Waals surface area (Å²) in [7, 11) is 0. The Morgan fingerprint density at radius 3 is 2.77 bits per heavy atom. The van der Waals surface area contributed by atoms with Crippen molar-refractivity contribution in [3.8, 4) is 0 Å². The van der Waals surface area contributed by atoms with Gasteiger partial charge >= 0.3 is 0 Å². The smallest absolute Gasteiger partial charge is 0.253 e. The molecule has 1 N–H and O–H groups in total. The largest absolute Gasteiger partial charge is 0.350 e. The molecule has 2 aromatic rings. The Hall–Kier alpha value is -1.85. The first-order valence-corrected chi connectivity index (χ1v) is 7.55. The summed E-state index contributed by atoms with van der Waals surface area (Å²) < 4.78 is 1.44. The van der Waals surface area contributed by atoms with Crippen LogP contribution in [-0.4, -0.2) is 22.0 Å². The Morgan fingerprint density at radius 2 is 2.09 bits per heavy atom. The summed E-state index contributed by atoms with van der Waals surface area (Å²) in [5.41, 5.74) is 0.916. The van der Waals surface area contributed by atoms with Crippen molar-refractivity contribution in [1.82, 2.24) is 14.9 Å². The number of carbonyl (C=O) groups excluding carboxylic acids is 1. The molecule has 1 aromatic carbocycles. The molecule has 1 amide bonds. The number of halogens is 2. The van der Waals surface area contributed by atoms with E-state index in [1.54, 1.807) is 12.1 Å². The predicted molar refractivity (Wildman–Crippen MR) is 86.7 cm³/mol. The first-order valence-electron chi connectivity index (χ1n) is 6.80. The molecule has 0 aliphatic rings. The standard InChI is InChI=1S/C15H15Cl2N3O2/c1-2-11-8-14(21)20(9-19-11)6-5-18-15(22)12-7-10(16)3-4-13(12)17/h3-4,7-9H,2,5-6H2,1H3,(H,18,22). The minimum Gasteiger partial charge on any atom is -0.350 e. The van der Waals surface area contributed by atoms with Gasteiger partial charge in [-0.1, -0.05) is 30.1 Å². The van der Waals surface area contributed by atoms with E-state index in [4.69, 9.17) is 23.2 Å². The van der Waals surface area contributed by atoms with Gasteiger partial charge < -0.3 is 5.32 Å². The van der Waals surface area contributed by atoms with E-state index in [2.05, 4.69) is 10.3 Å². The van der Waals surface area contributed by atoms with Gasteiger partial charge in [-0.05, 0) is 24.6 Å². The van der Waals surface area contributed by atoms with Gasteiger partial charge in [0.25, 0.3) is 11.5 Å². The molecule has 0 aliphatic heterocycles. The second-order valence-electron chi connectivity index (χ2n) is 4.65. The number of hydrogen-bond acceptors (Lipinski definition) is 3. The summed E-state index contributed by atoms with van der Waals surface area (Å²) in [6.07, 6.45) is 2.19. The molecule has 1 heterocycles. The third-order valence-corrected chi connectivity index (χ3v) is 3.67. The maximum atomic E-state index is 12.0. The number of rotatable bonds is 5. The normalized spacial score (nSPS) is 10.5. The second-order valence-corrected chi connectivity index (χ2v) is 5.49. The van der Waals surface area contributed by atoms with Crippen molar-refractivity contribution in [2.45, 2.75) is 19.9 Å². The van der Waals surface area contributed by atoms with Crippen molar-refractivity contribution in [1.29, 1.82) is 0 Å². The molecule has 0 saturated heterocycles. The lowest BCUT2D eigenvalue weighted by molar-refractivity contribution is 0.0952. The summed E-state index contributed by atoms with van der Waals surface area (Å²) in [6, 6.07) is 6.18.